The van der Waals surface area contributed by atoms with Crippen molar-refractivity contribution in [2.45, 2.75) is 13.3 Å². The van der Waals surface area contributed by atoms with Gasteiger partial charge < -0.3 is 4.90 Å². The number of hydrogen-bond acceptors (Lipinski definition) is 2. The van der Waals surface area contributed by atoms with Gasteiger partial charge in [-0.1, -0.05) is 18.5 Å². The summed E-state index contributed by atoms with van der Waals surface area (Å²) >= 11 is 5.70. The molecule has 0 saturated carbocycles. The minimum absolute atomic E-state index is 0.0242. The van der Waals surface area contributed by atoms with Crippen LogP contribution >= 0.6 is 11.6 Å². The first-order valence-electron chi connectivity index (χ1n) is 5.30. The van der Waals surface area contributed by atoms with E-state index in [-0.39, 0.29) is 17.5 Å². The molecule has 0 N–H and O–H groups in total. The largest absolute Gasteiger partial charge is 0.368 e. The van der Waals surface area contributed by atoms with Gasteiger partial charge in [0.2, 0.25) is 0 Å². The van der Waals surface area contributed by atoms with E-state index in [0.717, 1.165) is 0 Å². The molecule has 1 unspecified atom stereocenters. The van der Waals surface area contributed by atoms with Gasteiger partial charge in [-0.15, -0.1) is 0 Å². The number of piperidine rings is 1. The van der Waals surface area contributed by atoms with E-state index < -0.39 is 0 Å². The second-order valence-electron chi connectivity index (χ2n) is 4.16. The Morgan fingerprint density at radius 1 is 1.50 bits per heavy atom. The highest BCUT2D eigenvalue weighted by molar-refractivity contribution is 6.30. The quantitative estimate of drug-likeness (QED) is 0.754. The van der Waals surface area contributed by atoms with Crippen LogP contribution in [-0.2, 0) is 4.79 Å². The van der Waals surface area contributed by atoms with E-state index in [1.807, 2.05) is 11.8 Å². The zero-order valence-corrected chi connectivity index (χ0v) is 9.80. The van der Waals surface area contributed by atoms with Gasteiger partial charge in [0.15, 0.2) is 0 Å². The van der Waals surface area contributed by atoms with Crippen molar-refractivity contribution in [3.05, 3.63) is 29.0 Å². The topological polar surface area (TPSA) is 20.3 Å². The average Bonchev–Trinajstić information content (AvgIpc) is 2.22. The molecule has 0 aliphatic carbocycles. The summed E-state index contributed by atoms with van der Waals surface area (Å²) in [7, 11) is 0. The smallest absolute Gasteiger partial charge is 0.147 e. The van der Waals surface area contributed by atoms with Gasteiger partial charge in [0.05, 0.1) is 5.69 Å². The van der Waals surface area contributed by atoms with E-state index in [4.69, 9.17) is 11.6 Å². The number of nitrogens with zero attached hydrogens (tertiary/aromatic N) is 1. The number of hydrogen-bond donors (Lipinski definition) is 0. The van der Waals surface area contributed by atoms with Gasteiger partial charge in [0.25, 0.3) is 0 Å². The van der Waals surface area contributed by atoms with Crippen LogP contribution in [-0.4, -0.2) is 18.9 Å². The van der Waals surface area contributed by atoms with Crippen molar-refractivity contribution in [2.75, 3.05) is 18.0 Å². The summed E-state index contributed by atoms with van der Waals surface area (Å²) in [5.41, 5.74) is 0.531. The molecule has 1 aliphatic rings. The SMILES string of the molecule is CC1CN(c2ccc(Cl)cc2F)CCC1=O. The van der Waals surface area contributed by atoms with Crippen LogP contribution in [0.25, 0.3) is 0 Å². The molecule has 2 rings (SSSR count). The van der Waals surface area contributed by atoms with Crippen LogP contribution in [0.4, 0.5) is 10.1 Å². The van der Waals surface area contributed by atoms with Crippen LogP contribution in [0.3, 0.4) is 0 Å². The highest BCUT2D eigenvalue weighted by atomic mass is 35.5. The summed E-state index contributed by atoms with van der Waals surface area (Å²) in [5, 5.41) is 0.391. The van der Waals surface area contributed by atoms with Crippen molar-refractivity contribution in [2.24, 2.45) is 5.92 Å². The fraction of sp³-hybridized carbons (Fsp3) is 0.417. The summed E-state index contributed by atoms with van der Waals surface area (Å²) in [6.07, 6.45) is 0.489. The van der Waals surface area contributed by atoms with Crippen LogP contribution in [0.5, 0.6) is 0 Å². The number of carbonyl (C=O) groups excluding carboxylic acids is 1. The Balaban J connectivity index is 2.21. The summed E-state index contributed by atoms with van der Waals surface area (Å²) < 4.78 is 13.6. The first kappa shape index (κ1) is 11.4. The second kappa shape index (κ2) is 4.42. The van der Waals surface area contributed by atoms with Gasteiger partial charge in [-0.05, 0) is 18.2 Å². The summed E-state index contributed by atoms with van der Waals surface area (Å²) in [6.45, 7) is 3.04. The van der Waals surface area contributed by atoms with Crippen molar-refractivity contribution >= 4 is 23.1 Å². The minimum Gasteiger partial charge on any atom is -0.368 e. The molecule has 0 amide bonds. The monoisotopic (exact) mass is 241 g/mol. The molecule has 1 heterocycles. The molecule has 16 heavy (non-hydrogen) atoms. The summed E-state index contributed by atoms with van der Waals surface area (Å²) in [5.74, 6) is -0.0940. The first-order chi connectivity index (χ1) is 7.58. The van der Waals surface area contributed by atoms with Crippen LogP contribution in [0.15, 0.2) is 18.2 Å². The highest BCUT2D eigenvalue weighted by Crippen LogP contribution is 2.26. The Labute approximate surface area is 99.0 Å². The maximum atomic E-state index is 13.6. The fourth-order valence-electron chi connectivity index (χ4n) is 1.97. The van der Waals surface area contributed by atoms with Gasteiger partial charge >= 0.3 is 0 Å². The Kier molecular flexibility index (Phi) is 3.15. The van der Waals surface area contributed by atoms with E-state index in [1.165, 1.54) is 6.07 Å². The lowest BCUT2D eigenvalue weighted by Gasteiger charge is -2.32. The number of halogens is 2. The van der Waals surface area contributed by atoms with Crippen molar-refractivity contribution in [3.8, 4) is 0 Å². The zero-order valence-electron chi connectivity index (χ0n) is 9.04. The van der Waals surface area contributed by atoms with Crippen molar-refractivity contribution in [3.63, 3.8) is 0 Å². The lowest BCUT2D eigenvalue weighted by Crippen LogP contribution is -2.40. The molecule has 1 aliphatic heterocycles. The zero-order chi connectivity index (χ0) is 11.7. The lowest BCUT2D eigenvalue weighted by molar-refractivity contribution is -0.122. The van der Waals surface area contributed by atoms with E-state index in [1.54, 1.807) is 12.1 Å². The van der Waals surface area contributed by atoms with E-state index >= 15 is 0 Å². The number of rotatable bonds is 1. The van der Waals surface area contributed by atoms with Gasteiger partial charge in [0, 0.05) is 30.5 Å². The third kappa shape index (κ3) is 2.19. The Hall–Kier alpha value is -1.09. The van der Waals surface area contributed by atoms with Gasteiger partial charge in [-0.2, -0.15) is 0 Å². The van der Waals surface area contributed by atoms with E-state index in [9.17, 15) is 9.18 Å². The molecule has 2 nitrogen and oxygen atoms in total. The van der Waals surface area contributed by atoms with Gasteiger partial charge in [0.1, 0.15) is 11.6 Å². The summed E-state index contributed by atoms with van der Waals surface area (Å²) in [4.78, 5) is 13.3. The Morgan fingerprint density at radius 3 is 2.88 bits per heavy atom. The molecular weight excluding hydrogens is 229 g/mol. The number of carbonyl (C=O) groups is 1. The number of anilines is 1. The molecule has 1 aromatic rings. The molecule has 1 aromatic carbocycles. The molecule has 1 fully saturated rings. The molecule has 1 saturated heterocycles. The van der Waals surface area contributed by atoms with Gasteiger partial charge in [-0.3, -0.25) is 4.79 Å². The second-order valence-corrected chi connectivity index (χ2v) is 4.60. The molecular formula is C12H13ClFNO. The maximum absolute atomic E-state index is 13.6. The molecule has 0 aromatic heterocycles. The molecule has 1 atom stereocenters. The molecule has 0 spiro atoms. The predicted octanol–water partition coefficient (Wildman–Crippen LogP) is 2.89. The van der Waals surface area contributed by atoms with Crippen molar-refractivity contribution < 1.29 is 9.18 Å². The van der Waals surface area contributed by atoms with Crippen molar-refractivity contribution in [1.82, 2.24) is 0 Å². The van der Waals surface area contributed by atoms with Gasteiger partial charge in [-0.25, -0.2) is 4.39 Å². The molecule has 86 valence electrons. The standard InChI is InChI=1S/C12H13ClFNO/c1-8-7-15(5-4-12(8)16)11-3-2-9(13)6-10(11)14/h2-3,6,8H,4-5,7H2,1H3. The third-order valence-corrected chi connectivity index (χ3v) is 3.16. The van der Waals surface area contributed by atoms with E-state index in [0.29, 0.717) is 30.2 Å². The maximum Gasteiger partial charge on any atom is 0.147 e. The first-order valence-corrected chi connectivity index (χ1v) is 5.68. The Morgan fingerprint density at radius 2 is 2.25 bits per heavy atom. The van der Waals surface area contributed by atoms with Crippen LogP contribution in [0, 0.1) is 11.7 Å². The fourth-order valence-corrected chi connectivity index (χ4v) is 2.13. The third-order valence-electron chi connectivity index (χ3n) is 2.92. The lowest BCUT2D eigenvalue weighted by atomic mass is 9.98. The number of ketones is 1. The van der Waals surface area contributed by atoms with E-state index in [2.05, 4.69) is 0 Å². The minimum atomic E-state index is -0.325. The number of benzene rings is 1. The van der Waals surface area contributed by atoms with Crippen LogP contribution in [0.1, 0.15) is 13.3 Å². The predicted molar refractivity (Wildman–Crippen MR) is 62.4 cm³/mol. The summed E-state index contributed by atoms with van der Waals surface area (Å²) in [6, 6.07) is 4.64. The number of Topliss-reactive ketones (excluding diaryl/α,β-unsaturated/α-hetero) is 1. The normalized spacial score (nSPS) is 21.3. The molecule has 0 bridgehead atoms. The van der Waals surface area contributed by atoms with Crippen LogP contribution < -0.4 is 4.90 Å². The Bertz CT molecular complexity index is 421. The van der Waals surface area contributed by atoms with Crippen molar-refractivity contribution in [1.29, 1.82) is 0 Å². The molecule has 0 radical (unpaired) electrons. The average molecular weight is 242 g/mol. The van der Waals surface area contributed by atoms with Crippen LogP contribution in [0.2, 0.25) is 5.02 Å². The highest BCUT2D eigenvalue weighted by Gasteiger charge is 2.24. The molecule has 4 heteroatoms.